The van der Waals surface area contributed by atoms with Crippen molar-refractivity contribution < 1.29 is 9.47 Å². The highest BCUT2D eigenvalue weighted by molar-refractivity contribution is 6.26. The monoisotopic (exact) mass is 262 g/mol. The Kier molecular flexibility index (Phi) is 1.95. The van der Waals surface area contributed by atoms with Crippen molar-refractivity contribution >= 4 is 11.6 Å². The van der Waals surface area contributed by atoms with E-state index in [0.29, 0.717) is 0 Å². The zero-order chi connectivity index (χ0) is 12.5. The number of alkyl halides is 1. The van der Waals surface area contributed by atoms with Gasteiger partial charge in [-0.3, -0.25) is 0 Å². The van der Waals surface area contributed by atoms with E-state index in [1.165, 1.54) is 11.1 Å². The Morgan fingerprint density at radius 1 is 1.17 bits per heavy atom. The van der Waals surface area contributed by atoms with Gasteiger partial charge in [0.25, 0.3) is 0 Å². The van der Waals surface area contributed by atoms with Crippen LogP contribution in [-0.2, 0) is 14.3 Å². The van der Waals surface area contributed by atoms with Crippen molar-refractivity contribution in [2.45, 2.75) is 42.6 Å². The van der Waals surface area contributed by atoms with E-state index in [4.69, 9.17) is 21.1 Å². The third-order valence-electron chi connectivity index (χ3n) is 4.18. The number of rotatable bonds is 0. The third kappa shape index (κ3) is 1.21. The van der Waals surface area contributed by atoms with Crippen molar-refractivity contribution in [3.63, 3.8) is 0 Å². The summed E-state index contributed by atoms with van der Waals surface area (Å²) < 4.78 is 12.1. The van der Waals surface area contributed by atoms with Crippen LogP contribution in [0, 0.1) is 0 Å². The molecule has 0 spiro atoms. The number of ether oxygens (including phenoxy) is 2. The topological polar surface area (TPSA) is 18.5 Å². The molecule has 1 fully saturated rings. The van der Waals surface area contributed by atoms with Gasteiger partial charge in [-0.2, -0.15) is 0 Å². The highest BCUT2D eigenvalue weighted by Crippen LogP contribution is 2.57. The molecule has 0 aromatic heterocycles. The van der Waals surface area contributed by atoms with E-state index >= 15 is 0 Å². The van der Waals surface area contributed by atoms with Crippen molar-refractivity contribution in [1.29, 1.82) is 0 Å². The molecule has 0 unspecified atom stereocenters. The zero-order valence-corrected chi connectivity index (χ0v) is 11.1. The Bertz CT molecular complexity index is 551. The van der Waals surface area contributed by atoms with Crippen LogP contribution >= 0.6 is 11.6 Å². The Labute approximate surface area is 112 Å². The standard InChI is InChI=1S/C15H15ClO2/c1-14(2)17-12-10-7-8-15(16,13(12)18-14)11-6-4-3-5-9(10)11/h3-8,10,12-13H,1-2H3/t10-,12-,13-,15-/m0/s1. The first-order chi connectivity index (χ1) is 8.51. The van der Waals surface area contributed by atoms with E-state index in [9.17, 15) is 0 Å². The molecule has 3 heteroatoms. The smallest absolute Gasteiger partial charge is 0.163 e. The molecule has 1 aromatic rings. The molecule has 1 heterocycles. The average Bonchev–Trinajstić information content (AvgIpc) is 2.67. The molecule has 3 aliphatic carbocycles. The molecule has 1 aliphatic heterocycles. The van der Waals surface area contributed by atoms with Gasteiger partial charge in [-0.1, -0.05) is 36.4 Å². The summed E-state index contributed by atoms with van der Waals surface area (Å²) in [7, 11) is 0. The lowest BCUT2D eigenvalue weighted by molar-refractivity contribution is -0.147. The first-order valence-corrected chi connectivity index (χ1v) is 6.72. The van der Waals surface area contributed by atoms with Gasteiger partial charge in [0.05, 0.1) is 6.10 Å². The van der Waals surface area contributed by atoms with Crippen LogP contribution in [0.5, 0.6) is 0 Å². The third-order valence-corrected chi connectivity index (χ3v) is 4.72. The van der Waals surface area contributed by atoms with Gasteiger partial charge in [0.1, 0.15) is 11.0 Å². The molecule has 0 N–H and O–H groups in total. The highest BCUT2D eigenvalue weighted by atomic mass is 35.5. The van der Waals surface area contributed by atoms with Crippen molar-refractivity contribution in [2.75, 3.05) is 0 Å². The molecule has 2 bridgehead atoms. The summed E-state index contributed by atoms with van der Waals surface area (Å²) in [5.74, 6) is -0.296. The molecule has 5 rings (SSSR count). The first kappa shape index (κ1) is 11.0. The van der Waals surface area contributed by atoms with Crippen LogP contribution in [0.2, 0.25) is 0 Å². The Morgan fingerprint density at radius 2 is 1.94 bits per heavy atom. The summed E-state index contributed by atoms with van der Waals surface area (Å²) in [5.41, 5.74) is 2.44. The Hall–Kier alpha value is -0.830. The largest absolute Gasteiger partial charge is 0.344 e. The molecule has 1 saturated heterocycles. The minimum Gasteiger partial charge on any atom is -0.344 e. The van der Waals surface area contributed by atoms with Gasteiger partial charge in [-0.05, 0) is 25.0 Å². The second kappa shape index (κ2) is 3.19. The quantitative estimate of drug-likeness (QED) is 0.528. The fourth-order valence-electron chi connectivity index (χ4n) is 3.48. The van der Waals surface area contributed by atoms with Gasteiger partial charge in [-0.25, -0.2) is 0 Å². The van der Waals surface area contributed by atoms with Crippen LogP contribution in [0.1, 0.15) is 30.9 Å². The molecular formula is C15H15ClO2. The summed E-state index contributed by atoms with van der Waals surface area (Å²) >= 11 is 6.86. The lowest BCUT2D eigenvalue weighted by atomic mass is 9.68. The summed E-state index contributed by atoms with van der Waals surface area (Å²) in [6.45, 7) is 3.91. The minimum absolute atomic E-state index is 0.0254. The fourth-order valence-corrected chi connectivity index (χ4v) is 3.90. The lowest BCUT2D eigenvalue weighted by Gasteiger charge is -2.45. The first-order valence-electron chi connectivity index (χ1n) is 6.35. The van der Waals surface area contributed by atoms with Crippen LogP contribution < -0.4 is 0 Å². The summed E-state index contributed by atoms with van der Waals surface area (Å²) in [6, 6.07) is 8.34. The van der Waals surface area contributed by atoms with Crippen molar-refractivity contribution in [3.8, 4) is 0 Å². The average molecular weight is 263 g/mol. The SMILES string of the molecule is CC1(C)O[C@H]2[C@H]3C=C[C@](Cl)(c4ccccc43)[C@H]2O1. The molecule has 18 heavy (non-hydrogen) atoms. The van der Waals surface area contributed by atoms with Crippen molar-refractivity contribution in [2.24, 2.45) is 0 Å². The van der Waals surface area contributed by atoms with Crippen LogP contribution in [-0.4, -0.2) is 18.0 Å². The van der Waals surface area contributed by atoms with Crippen LogP contribution in [0.3, 0.4) is 0 Å². The molecular weight excluding hydrogens is 248 g/mol. The lowest BCUT2D eigenvalue weighted by Crippen LogP contribution is -2.50. The Balaban J connectivity index is 1.93. The zero-order valence-electron chi connectivity index (χ0n) is 10.4. The molecule has 1 aromatic carbocycles. The van der Waals surface area contributed by atoms with Crippen molar-refractivity contribution in [3.05, 3.63) is 47.5 Å². The number of benzene rings is 1. The molecule has 0 radical (unpaired) electrons. The molecule has 0 saturated carbocycles. The van der Waals surface area contributed by atoms with E-state index in [0.717, 1.165) is 0 Å². The second-order valence-electron chi connectivity index (χ2n) is 5.76. The fraction of sp³-hybridized carbons (Fsp3) is 0.467. The Morgan fingerprint density at radius 3 is 2.78 bits per heavy atom. The summed E-state index contributed by atoms with van der Waals surface area (Å²) in [4.78, 5) is -0.580. The molecule has 4 aliphatic rings. The maximum Gasteiger partial charge on any atom is 0.163 e. The van der Waals surface area contributed by atoms with Crippen LogP contribution in [0.15, 0.2) is 36.4 Å². The van der Waals surface area contributed by atoms with E-state index < -0.39 is 10.7 Å². The van der Waals surface area contributed by atoms with Gasteiger partial charge in [0.15, 0.2) is 5.79 Å². The van der Waals surface area contributed by atoms with E-state index in [1.54, 1.807) is 0 Å². The van der Waals surface area contributed by atoms with Gasteiger partial charge in [0.2, 0.25) is 0 Å². The summed E-state index contributed by atoms with van der Waals surface area (Å²) in [5, 5.41) is 0. The van der Waals surface area contributed by atoms with Gasteiger partial charge >= 0.3 is 0 Å². The molecule has 0 amide bonds. The highest BCUT2D eigenvalue weighted by Gasteiger charge is 2.60. The predicted octanol–water partition coefficient (Wildman–Crippen LogP) is 3.31. The van der Waals surface area contributed by atoms with Crippen molar-refractivity contribution in [1.82, 2.24) is 0 Å². The molecule has 94 valence electrons. The normalized spacial score (nSPS) is 42.7. The van der Waals surface area contributed by atoms with Gasteiger partial charge in [-0.15, -0.1) is 11.6 Å². The van der Waals surface area contributed by atoms with E-state index in [2.05, 4.69) is 30.4 Å². The number of halogens is 1. The van der Waals surface area contributed by atoms with Crippen LogP contribution in [0.4, 0.5) is 0 Å². The van der Waals surface area contributed by atoms with E-state index in [-0.39, 0.29) is 18.1 Å². The number of hydrogen-bond acceptors (Lipinski definition) is 2. The van der Waals surface area contributed by atoms with Gasteiger partial charge in [0, 0.05) is 5.92 Å². The molecule has 4 atom stereocenters. The van der Waals surface area contributed by atoms with Gasteiger partial charge < -0.3 is 9.47 Å². The predicted molar refractivity (Wildman–Crippen MR) is 69.7 cm³/mol. The second-order valence-corrected chi connectivity index (χ2v) is 6.39. The van der Waals surface area contributed by atoms with Crippen LogP contribution in [0.25, 0.3) is 0 Å². The van der Waals surface area contributed by atoms with E-state index in [1.807, 2.05) is 19.9 Å². The summed E-state index contributed by atoms with van der Waals surface area (Å²) in [6.07, 6.45) is 4.17. The maximum absolute atomic E-state index is 6.86. The molecule has 2 nitrogen and oxygen atoms in total. The maximum atomic E-state index is 6.86. The number of hydrogen-bond donors (Lipinski definition) is 0. The minimum atomic E-state index is -0.580.